The zero-order valence-corrected chi connectivity index (χ0v) is 15.0. The van der Waals surface area contributed by atoms with Crippen molar-refractivity contribution in [1.82, 2.24) is 4.90 Å². The quantitative estimate of drug-likeness (QED) is 0.571. The van der Waals surface area contributed by atoms with Gasteiger partial charge in [-0.05, 0) is 30.9 Å². The van der Waals surface area contributed by atoms with E-state index < -0.39 is 6.41 Å². The molecule has 122 valence electrons. The summed E-state index contributed by atoms with van der Waals surface area (Å²) in [5, 5.41) is 9.82. The van der Waals surface area contributed by atoms with Crippen LogP contribution < -0.4 is 4.90 Å². The van der Waals surface area contributed by atoms with Crippen molar-refractivity contribution in [3.63, 3.8) is 0 Å². The van der Waals surface area contributed by atoms with Gasteiger partial charge in [0, 0.05) is 31.7 Å². The molecule has 0 aromatic heterocycles. The molecule has 5 nitrogen and oxygen atoms in total. The zero-order chi connectivity index (χ0) is 15.9. The van der Waals surface area contributed by atoms with Gasteiger partial charge in [0.05, 0.1) is 0 Å². The van der Waals surface area contributed by atoms with Gasteiger partial charge in [-0.15, -0.1) is 0 Å². The minimum Gasteiger partial charge on any atom is -0.355 e. The molecule has 0 radical (unpaired) electrons. The second-order valence-corrected chi connectivity index (χ2v) is 6.12. The number of amides is 1. The van der Waals surface area contributed by atoms with Crippen LogP contribution in [0.15, 0.2) is 30.3 Å². The number of benzene rings is 1. The Hall–Kier alpha value is -0.700. The van der Waals surface area contributed by atoms with Crippen LogP contribution in [0.1, 0.15) is 26.2 Å². The van der Waals surface area contributed by atoms with Gasteiger partial charge in [0.1, 0.15) is 23.0 Å². The third kappa shape index (κ3) is 4.65. The van der Waals surface area contributed by atoms with Crippen LogP contribution in [0.3, 0.4) is 0 Å². The van der Waals surface area contributed by atoms with E-state index in [2.05, 4.69) is 0 Å². The number of rotatable bonds is 6. The molecule has 1 amide bonds. The number of aliphatic hydroxyl groups is 1. The Bertz CT molecular complexity index is 472. The van der Waals surface area contributed by atoms with Crippen molar-refractivity contribution in [2.24, 2.45) is 5.92 Å². The Morgan fingerprint density at radius 2 is 2.23 bits per heavy atom. The second-order valence-electron chi connectivity index (χ2n) is 5.61. The third-order valence-corrected chi connectivity index (χ3v) is 4.51. The Labute approximate surface area is 145 Å². The van der Waals surface area contributed by atoms with Gasteiger partial charge in [-0.3, -0.25) is 12.8 Å². The predicted molar refractivity (Wildman–Crippen MR) is 94.5 cm³/mol. The number of anilines is 1. The van der Waals surface area contributed by atoms with E-state index >= 15 is 0 Å². The molecule has 1 saturated heterocycles. The normalized spacial score (nSPS) is 20.6. The minimum absolute atomic E-state index is 0.133. The summed E-state index contributed by atoms with van der Waals surface area (Å²) in [6, 6.07) is 9.79. The Balaban J connectivity index is 2.05. The molecule has 1 N–H and O–H groups in total. The summed E-state index contributed by atoms with van der Waals surface area (Å²) < 4.78 is 4.97. The molecule has 1 aliphatic heterocycles. The lowest BCUT2D eigenvalue weighted by Gasteiger charge is -2.36. The molecule has 0 aliphatic carbocycles. The third-order valence-electron chi connectivity index (χ3n) is 4.05. The molecule has 1 aromatic rings. The summed E-state index contributed by atoms with van der Waals surface area (Å²) in [5.74, 6) is 0.472. The van der Waals surface area contributed by atoms with E-state index in [1.165, 1.54) is 0 Å². The van der Waals surface area contributed by atoms with Gasteiger partial charge >= 0.3 is 0 Å². The number of hydrogen-bond acceptors (Lipinski definition) is 4. The Morgan fingerprint density at radius 1 is 1.50 bits per heavy atom. The Kier molecular flexibility index (Phi) is 7.07. The number of carbonyl (C=O) groups excluding carboxylic acids is 1. The summed E-state index contributed by atoms with van der Waals surface area (Å²) in [6.45, 7) is 4.14. The minimum atomic E-state index is -0.865. The van der Waals surface area contributed by atoms with Gasteiger partial charge in [0.15, 0.2) is 0 Å². The average Bonchev–Trinajstić information content (AvgIpc) is 2.59. The summed E-state index contributed by atoms with van der Waals surface area (Å²) in [5.41, 5.74) is 0.942. The lowest BCUT2D eigenvalue weighted by Crippen LogP contribution is -2.46. The maximum absolute atomic E-state index is 12.3. The van der Waals surface area contributed by atoms with Crippen molar-refractivity contribution in [3.05, 3.63) is 30.3 Å². The monoisotopic (exact) mass is 418 g/mol. The standard InChI is InChI=1S/C16H23IN2O3/c1-2-15(20)19(14-8-4-3-5-9-14)12-13-7-6-10-18(11-13)16(21)22-17/h3-5,8-9,13,16,21H,2,6-7,10-12H2,1H3. The highest BCUT2D eigenvalue weighted by atomic mass is 127. The van der Waals surface area contributed by atoms with Crippen LogP contribution in [-0.4, -0.2) is 42.0 Å². The van der Waals surface area contributed by atoms with Gasteiger partial charge in [-0.2, -0.15) is 0 Å². The Morgan fingerprint density at radius 3 is 2.86 bits per heavy atom. The molecular weight excluding hydrogens is 395 g/mol. The number of carbonyl (C=O) groups is 1. The van der Waals surface area contributed by atoms with Gasteiger partial charge in [-0.1, -0.05) is 25.1 Å². The molecule has 1 fully saturated rings. The first-order valence-electron chi connectivity index (χ1n) is 7.70. The number of hydrogen-bond donors (Lipinski definition) is 1. The molecule has 2 atom stereocenters. The number of piperidine rings is 1. The van der Waals surface area contributed by atoms with Gasteiger partial charge in [0.2, 0.25) is 12.3 Å². The number of halogens is 1. The van der Waals surface area contributed by atoms with Crippen molar-refractivity contribution < 1.29 is 13.0 Å². The SMILES string of the molecule is CCC(=O)N(CC1CCCN(C(O)OI)C1)c1ccccc1. The highest BCUT2D eigenvalue weighted by molar-refractivity contribution is 14.1. The molecule has 1 aliphatic rings. The largest absolute Gasteiger partial charge is 0.355 e. The second kappa shape index (κ2) is 8.81. The molecular formula is C16H23IN2O3. The highest BCUT2D eigenvalue weighted by Crippen LogP contribution is 2.23. The number of likely N-dealkylation sites (tertiary alicyclic amines) is 1. The predicted octanol–water partition coefficient (Wildman–Crippen LogP) is 2.78. The lowest BCUT2D eigenvalue weighted by atomic mass is 9.97. The fourth-order valence-corrected chi connectivity index (χ4v) is 3.23. The molecule has 22 heavy (non-hydrogen) atoms. The zero-order valence-electron chi connectivity index (χ0n) is 12.8. The van der Waals surface area contributed by atoms with Gasteiger partial charge in [0.25, 0.3) is 0 Å². The van der Waals surface area contributed by atoms with Crippen LogP contribution >= 0.6 is 23.0 Å². The molecule has 2 rings (SSSR count). The summed E-state index contributed by atoms with van der Waals surface area (Å²) in [6.07, 6.45) is 1.69. The molecule has 0 spiro atoms. The van der Waals surface area contributed by atoms with E-state index in [1.54, 1.807) is 23.0 Å². The number of aliphatic hydroxyl groups excluding tert-OH is 1. The number of para-hydroxylation sites is 1. The smallest absolute Gasteiger partial charge is 0.226 e. The molecule has 1 aromatic carbocycles. The molecule has 0 saturated carbocycles. The van der Waals surface area contributed by atoms with E-state index in [0.29, 0.717) is 18.9 Å². The first kappa shape index (κ1) is 17.7. The van der Waals surface area contributed by atoms with E-state index in [9.17, 15) is 9.90 Å². The van der Waals surface area contributed by atoms with Crippen LogP contribution in [0.25, 0.3) is 0 Å². The number of nitrogens with zero attached hydrogens (tertiary/aromatic N) is 2. The summed E-state index contributed by atoms with van der Waals surface area (Å²) in [4.78, 5) is 16.1. The maximum Gasteiger partial charge on any atom is 0.226 e. The van der Waals surface area contributed by atoms with Gasteiger partial charge in [-0.25, -0.2) is 0 Å². The van der Waals surface area contributed by atoms with E-state index in [-0.39, 0.29) is 5.91 Å². The fourth-order valence-electron chi connectivity index (χ4n) is 2.91. The van der Waals surface area contributed by atoms with Crippen molar-refractivity contribution in [2.45, 2.75) is 32.6 Å². The van der Waals surface area contributed by atoms with Crippen molar-refractivity contribution in [1.29, 1.82) is 0 Å². The topological polar surface area (TPSA) is 53.0 Å². The molecule has 6 heteroatoms. The summed E-state index contributed by atoms with van der Waals surface area (Å²) in [7, 11) is 0. The van der Waals surface area contributed by atoms with Crippen LogP contribution in [-0.2, 0) is 7.86 Å². The van der Waals surface area contributed by atoms with Crippen LogP contribution in [0.5, 0.6) is 0 Å². The summed E-state index contributed by atoms with van der Waals surface area (Å²) >= 11 is 1.72. The molecule has 2 unspecified atom stereocenters. The van der Waals surface area contributed by atoms with E-state index in [4.69, 9.17) is 3.07 Å². The van der Waals surface area contributed by atoms with Gasteiger partial charge < -0.3 is 10.0 Å². The maximum atomic E-state index is 12.3. The lowest BCUT2D eigenvalue weighted by molar-refractivity contribution is -0.126. The van der Waals surface area contributed by atoms with Crippen LogP contribution in [0.4, 0.5) is 5.69 Å². The highest BCUT2D eigenvalue weighted by Gasteiger charge is 2.27. The van der Waals surface area contributed by atoms with E-state index in [1.807, 2.05) is 47.1 Å². The first-order chi connectivity index (χ1) is 10.7. The van der Waals surface area contributed by atoms with E-state index in [0.717, 1.165) is 31.6 Å². The van der Waals surface area contributed by atoms with Crippen molar-refractivity contribution in [3.8, 4) is 0 Å². The fraction of sp³-hybridized carbons (Fsp3) is 0.562. The van der Waals surface area contributed by atoms with Crippen LogP contribution in [0, 0.1) is 5.92 Å². The van der Waals surface area contributed by atoms with Crippen molar-refractivity contribution >= 4 is 34.6 Å². The van der Waals surface area contributed by atoms with Crippen LogP contribution in [0.2, 0.25) is 0 Å². The van der Waals surface area contributed by atoms with Crippen molar-refractivity contribution in [2.75, 3.05) is 24.5 Å². The first-order valence-corrected chi connectivity index (χ1v) is 8.58. The molecule has 0 bridgehead atoms. The molecule has 1 heterocycles. The average molecular weight is 418 g/mol.